The molecular formula is C19H23N3O4. The Morgan fingerprint density at radius 2 is 2.27 bits per heavy atom. The van der Waals surface area contributed by atoms with Crippen LogP contribution in [0.1, 0.15) is 28.8 Å². The predicted octanol–water partition coefficient (Wildman–Crippen LogP) is 0.942. The Hall–Kier alpha value is -2.43. The molecule has 26 heavy (non-hydrogen) atoms. The minimum atomic E-state index is -0.254. The first-order chi connectivity index (χ1) is 12.5. The summed E-state index contributed by atoms with van der Waals surface area (Å²) in [6, 6.07) is 8.81. The smallest absolute Gasteiger partial charge is 0.254 e. The van der Waals surface area contributed by atoms with Gasteiger partial charge in [-0.3, -0.25) is 9.59 Å². The quantitative estimate of drug-likeness (QED) is 0.847. The van der Waals surface area contributed by atoms with Crippen molar-refractivity contribution in [3.8, 4) is 6.07 Å². The third-order valence-corrected chi connectivity index (χ3v) is 4.98. The Labute approximate surface area is 152 Å². The highest BCUT2D eigenvalue weighted by Crippen LogP contribution is 2.36. The summed E-state index contributed by atoms with van der Waals surface area (Å²) in [4.78, 5) is 25.7. The van der Waals surface area contributed by atoms with Crippen molar-refractivity contribution in [3.05, 3.63) is 35.4 Å². The summed E-state index contributed by atoms with van der Waals surface area (Å²) in [5.41, 5.74) is 0.766. The molecule has 138 valence electrons. The van der Waals surface area contributed by atoms with Crippen molar-refractivity contribution in [2.45, 2.75) is 18.4 Å². The lowest BCUT2D eigenvalue weighted by Crippen LogP contribution is -2.66. The molecule has 2 aliphatic rings. The van der Waals surface area contributed by atoms with E-state index >= 15 is 0 Å². The SMILES string of the molecule is COCC(=O)NC[C@H]1CCC2(CN(C(=O)c3cccc(C#N)c3)C2)OC1. The third-order valence-electron chi connectivity index (χ3n) is 4.98. The Kier molecular flexibility index (Phi) is 5.55. The number of nitrogens with one attached hydrogen (secondary N) is 1. The molecule has 7 heteroatoms. The van der Waals surface area contributed by atoms with E-state index < -0.39 is 0 Å². The van der Waals surface area contributed by atoms with Crippen molar-refractivity contribution in [2.75, 3.05) is 40.0 Å². The molecule has 2 saturated heterocycles. The number of methoxy groups -OCH3 is 1. The fourth-order valence-corrected chi connectivity index (χ4v) is 3.47. The molecule has 2 amide bonds. The lowest BCUT2D eigenvalue weighted by molar-refractivity contribution is -0.166. The summed E-state index contributed by atoms with van der Waals surface area (Å²) < 4.78 is 10.8. The van der Waals surface area contributed by atoms with Gasteiger partial charge in [-0.05, 0) is 37.0 Å². The van der Waals surface area contributed by atoms with Gasteiger partial charge in [-0.1, -0.05) is 6.07 Å². The maximum atomic E-state index is 12.5. The number of nitriles is 1. The van der Waals surface area contributed by atoms with Gasteiger partial charge >= 0.3 is 0 Å². The van der Waals surface area contributed by atoms with Crippen LogP contribution in [0.25, 0.3) is 0 Å². The summed E-state index contributed by atoms with van der Waals surface area (Å²) in [5, 5.41) is 11.8. The van der Waals surface area contributed by atoms with Crippen molar-refractivity contribution < 1.29 is 19.1 Å². The van der Waals surface area contributed by atoms with Crippen LogP contribution in [0.15, 0.2) is 24.3 Å². The minimum Gasteiger partial charge on any atom is -0.375 e. The van der Waals surface area contributed by atoms with E-state index in [2.05, 4.69) is 11.4 Å². The van der Waals surface area contributed by atoms with E-state index in [0.717, 1.165) is 12.8 Å². The van der Waals surface area contributed by atoms with Crippen LogP contribution in [0.4, 0.5) is 0 Å². The van der Waals surface area contributed by atoms with Gasteiger partial charge in [-0.2, -0.15) is 5.26 Å². The number of amides is 2. The largest absolute Gasteiger partial charge is 0.375 e. The summed E-state index contributed by atoms with van der Waals surface area (Å²) in [6.45, 7) is 2.39. The lowest BCUT2D eigenvalue weighted by Gasteiger charge is -2.52. The highest BCUT2D eigenvalue weighted by Gasteiger charge is 2.48. The van der Waals surface area contributed by atoms with E-state index in [-0.39, 0.29) is 24.0 Å². The topological polar surface area (TPSA) is 91.7 Å². The highest BCUT2D eigenvalue weighted by molar-refractivity contribution is 5.95. The second-order valence-electron chi connectivity index (χ2n) is 6.99. The van der Waals surface area contributed by atoms with Crippen LogP contribution in [0.5, 0.6) is 0 Å². The van der Waals surface area contributed by atoms with Crippen molar-refractivity contribution >= 4 is 11.8 Å². The first-order valence-electron chi connectivity index (χ1n) is 8.74. The van der Waals surface area contributed by atoms with E-state index in [1.54, 1.807) is 29.2 Å². The molecular weight excluding hydrogens is 334 g/mol. The molecule has 1 spiro atoms. The van der Waals surface area contributed by atoms with Crippen LogP contribution in [0, 0.1) is 17.2 Å². The number of carbonyl (C=O) groups excluding carboxylic acids is 2. The molecule has 0 saturated carbocycles. The molecule has 1 atom stereocenters. The van der Waals surface area contributed by atoms with Gasteiger partial charge in [-0.15, -0.1) is 0 Å². The summed E-state index contributed by atoms with van der Waals surface area (Å²) in [5.74, 6) is 0.108. The van der Waals surface area contributed by atoms with E-state index in [9.17, 15) is 9.59 Å². The fourth-order valence-electron chi connectivity index (χ4n) is 3.47. The zero-order valence-corrected chi connectivity index (χ0v) is 14.9. The zero-order chi connectivity index (χ0) is 18.6. The molecule has 2 fully saturated rings. The molecule has 1 N–H and O–H groups in total. The van der Waals surface area contributed by atoms with Gasteiger partial charge in [0.2, 0.25) is 5.91 Å². The number of rotatable bonds is 5. The Bertz CT molecular complexity index is 712. The molecule has 2 heterocycles. The third kappa shape index (κ3) is 4.03. The van der Waals surface area contributed by atoms with Crippen molar-refractivity contribution in [1.82, 2.24) is 10.2 Å². The normalized spacial score (nSPS) is 20.9. The second kappa shape index (κ2) is 7.85. The molecule has 3 rings (SSSR count). The average molecular weight is 357 g/mol. The first-order valence-corrected chi connectivity index (χ1v) is 8.74. The number of ether oxygens (including phenoxy) is 2. The molecule has 1 aromatic carbocycles. The molecule has 0 aliphatic carbocycles. The summed E-state index contributed by atoms with van der Waals surface area (Å²) >= 11 is 0. The summed E-state index contributed by atoms with van der Waals surface area (Å²) in [7, 11) is 1.49. The Morgan fingerprint density at radius 3 is 2.92 bits per heavy atom. The zero-order valence-electron chi connectivity index (χ0n) is 14.9. The van der Waals surface area contributed by atoms with Gasteiger partial charge in [0.05, 0.1) is 31.3 Å². The van der Waals surface area contributed by atoms with Crippen molar-refractivity contribution in [3.63, 3.8) is 0 Å². The molecule has 0 aromatic heterocycles. The van der Waals surface area contributed by atoms with Crippen molar-refractivity contribution in [2.24, 2.45) is 5.92 Å². The summed E-state index contributed by atoms with van der Waals surface area (Å²) in [6.07, 6.45) is 1.83. The van der Waals surface area contributed by atoms with Crippen LogP contribution in [0.3, 0.4) is 0 Å². The minimum absolute atomic E-state index is 0.0646. The lowest BCUT2D eigenvalue weighted by atomic mass is 9.82. The van der Waals surface area contributed by atoms with Crippen molar-refractivity contribution in [1.29, 1.82) is 5.26 Å². The molecule has 0 bridgehead atoms. The number of hydrogen-bond acceptors (Lipinski definition) is 5. The fraction of sp³-hybridized carbons (Fsp3) is 0.526. The first kappa shape index (κ1) is 18.4. The van der Waals surface area contributed by atoms with E-state index in [1.165, 1.54) is 7.11 Å². The van der Waals surface area contributed by atoms with Gasteiger partial charge in [0, 0.05) is 19.2 Å². The molecule has 0 radical (unpaired) electrons. The van der Waals surface area contributed by atoms with E-state index in [1.807, 2.05) is 0 Å². The molecule has 2 aliphatic heterocycles. The number of benzene rings is 1. The maximum absolute atomic E-state index is 12.5. The van der Waals surface area contributed by atoms with Crippen LogP contribution >= 0.6 is 0 Å². The van der Waals surface area contributed by atoms with Crippen LogP contribution in [-0.2, 0) is 14.3 Å². The average Bonchev–Trinajstić information content (AvgIpc) is 2.64. The number of likely N-dealkylation sites (tertiary alicyclic amines) is 1. The van der Waals surface area contributed by atoms with Crippen LogP contribution in [0.2, 0.25) is 0 Å². The van der Waals surface area contributed by atoms with Gasteiger partial charge in [0.25, 0.3) is 5.91 Å². The molecule has 1 aromatic rings. The maximum Gasteiger partial charge on any atom is 0.254 e. The van der Waals surface area contributed by atoms with Gasteiger partial charge < -0.3 is 19.7 Å². The Balaban J connectivity index is 1.45. The van der Waals surface area contributed by atoms with Gasteiger partial charge in [0.15, 0.2) is 0 Å². The predicted molar refractivity (Wildman–Crippen MR) is 93.4 cm³/mol. The van der Waals surface area contributed by atoms with E-state index in [4.69, 9.17) is 14.7 Å². The highest BCUT2D eigenvalue weighted by atomic mass is 16.5. The number of nitrogens with zero attached hydrogens (tertiary/aromatic N) is 2. The second-order valence-corrected chi connectivity index (χ2v) is 6.99. The van der Waals surface area contributed by atoms with Crippen LogP contribution < -0.4 is 5.32 Å². The Morgan fingerprint density at radius 1 is 1.46 bits per heavy atom. The van der Waals surface area contributed by atoms with Gasteiger partial charge in [-0.25, -0.2) is 0 Å². The van der Waals surface area contributed by atoms with Crippen LogP contribution in [-0.4, -0.2) is 62.3 Å². The monoisotopic (exact) mass is 357 g/mol. The number of hydrogen-bond donors (Lipinski definition) is 1. The molecule has 7 nitrogen and oxygen atoms in total. The standard InChI is InChI=1S/C19H23N3O4/c1-25-11-17(23)21-9-15-5-6-19(26-10-15)12-22(13-19)18(24)16-4-2-3-14(7-16)8-20/h2-4,7,15H,5-6,9-13H2,1H3,(H,21,23)/t15-/m1/s1. The number of carbonyl (C=O) groups is 2. The molecule has 0 unspecified atom stereocenters. The van der Waals surface area contributed by atoms with Gasteiger partial charge in [0.1, 0.15) is 12.2 Å². The van der Waals surface area contributed by atoms with E-state index in [0.29, 0.717) is 43.3 Å².